The third-order valence-corrected chi connectivity index (χ3v) is 2.85. The minimum Gasteiger partial charge on any atom is -0.481 e. The van der Waals surface area contributed by atoms with Crippen molar-refractivity contribution in [1.82, 2.24) is 0 Å². The second-order valence-electron chi connectivity index (χ2n) is 4.63. The Morgan fingerprint density at radius 3 is 2.42 bits per heavy atom. The van der Waals surface area contributed by atoms with E-state index in [2.05, 4.69) is 6.92 Å². The fourth-order valence-electron chi connectivity index (χ4n) is 1.89. The zero-order valence-corrected chi connectivity index (χ0v) is 12.0. The SMILES string of the molecule is CCCCOC(=O)COc1c(C)cc(CN)cc1C. The molecule has 0 fully saturated rings. The van der Waals surface area contributed by atoms with E-state index in [0.717, 1.165) is 35.3 Å². The predicted molar refractivity (Wildman–Crippen MR) is 75.2 cm³/mol. The number of esters is 1. The third-order valence-electron chi connectivity index (χ3n) is 2.85. The van der Waals surface area contributed by atoms with Crippen LogP contribution in [0.4, 0.5) is 0 Å². The number of aryl methyl sites for hydroxylation is 2. The largest absolute Gasteiger partial charge is 0.481 e. The highest BCUT2D eigenvalue weighted by Crippen LogP contribution is 2.24. The number of ether oxygens (including phenoxy) is 2. The van der Waals surface area contributed by atoms with Crippen molar-refractivity contribution < 1.29 is 14.3 Å². The van der Waals surface area contributed by atoms with Crippen LogP contribution in [0.3, 0.4) is 0 Å². The molecule has 0 radical (unpaired) electrons. The van der Waals surface area contributed by atoms with Crippen molar-refractivity contribution in [3.8, 4) is 5.75 Å². The zero-order chi connectivity index (χ0) is 14.3. The number of unbranched alkanes of at least 4 members (excludes halogenated alkanes) is 1. The molecule has 0 aliphatic heterocycles. The van der Waals surface area contributed by atoms with Gasteiger partial charge >= 0.3 is 5.97 Å². The van der Waals surface area contributed by atoms with Crippen molar-refractivity contribution in [1.29, 1.82) is 0 Å². The van der Waals surface area contributed by atoms with Gasteiger partial charge in [-0.2, -0.15) is 0 Å². The normalized spacial score (nSPS) is 10.3. The highest BCUT2D eigenvalue weighted by Gasteiger charge is 2.09. The van der Waals surface area contributed by atoms with Gasteiger partial charge < -0.3 is 15.2 Å². The molecule has 0 aliphatic rings. The van der Waals surface area contributed by atoms with E-state index in [1.54, 1.807) is 0 Å². The van der Waals surface area contributed by atoms with Gasteiger partial charge in [-0.3, -0.25) is 0 Å². The monoisotopic (exact) mass is 265 g/mol. The maximum Gasteiger partial charge on any atom is 0.344 e. The van der Waals surface area contributed by atoms with Gasteiger partial charge in [0.2, 0.25) is 0 Å². The quantitative estimate of drug-likeness (QED) is 0.607. The highest BCUT2D eigenvalue weighted by atomic mass is 16.6. The van der Waals surface area contributed by atoms with Crippen molar-refractivity contribution in [2.24, 2.45) is 5.73 Å². The smallest absolute Gasteiger partial charge is 0.344 e. The Morgan fingerprint density at radius 1 is 1.26 bits per heavy atom. The highest BCUT2D eigenvalue weighted by molar-refractivity contribution is 5.71. The van der Waals surface area contributed by atoms with Gasteiger partial charge in [-0.1, -0.05) is 25.5 Å². The van der Waals surface area contributed by atoms with Gasteiger partial charge in [0.05, 0.1) is 6.61 Å². The van der Waals surface area contributed by atoms with Gasteiger partial charge in [-0.15, -0.1) is 0 Å². The average molecular weight is 265 g/mol. The third kappa shape index (κ3) is 4.91. The molecule has 0 aliphatic carbocycles. The van der Waals surface area contributed by atoms with E-state index >= 15 is 0 Å². The summed E-state index contributed by atoms with van der Waals surface area (Å²) in [5.74, 6) is 0.416. The van der Waals surface area contributed by atoms with Crippen LogP contribution in [0.2, 0.25) is 0 Å². The van der Waals surface area contributed by atoms with Gasteiger partial charge in [-0.05, 0) is 37.0 Å². The molecule has 0 amide bonds. The standard InChI is InChI=1S/C15H23NO3/c1-4-5-6-18-14(17)10-19-15-11(2)7-13(9-16)8-12(15)3/h7-8H,4-6,9-10,16H2,1-3H3. The fraction of sp³-hybridized carbons (Fsp3) is 0.533. The molecule has 4 nitrogen and oxygen atoms in total. The summed E-state index contributed by atoms with van der Waals surface area (Å²) in [6.45, 7) is 6.86. The van der Waals surface area contributed by atoms with E-state index < -0.39 is 0 Å². The molecule has 0 saturated carbocycles. The summed E-state index contributed by atoms with van der Waals surface area (Å²) in [5, 5.41) is 0. The van der Waals surface area contributed by atoms with E-state index in [1.807, 2.05) is 26.0 Å². The number of benzene rings is 1. The number of hydrogen-bond acceptors (Lipinski definition) is 4. The average Bonchev–Trinajstić information content (AvgIpc) is 2.37. The first-order valence-electron chi connectivity index (χ1n) is 6.67. The summed E-state index contributed by atoms with van der Waals surface area (Å²) in [5.41, 5.74) is 8.65. The van der Waals surface area contributed by atoms with Gasteiger partial charge in [0.25, 0.3) is 0 Å². The van der Waals surface area contributed by atoms with Crippen LogP contribution in [0, 0.1) is 13.8 Å². The van der Waals surface area contributed by atoms with Gasteiger partial charge in [-0.25, -0.2) is 4.79 Å². The molecule has 0 bridgehead atoms. The number of hydrogen-bond donors (Lipinski definition) is 1. The van der Waals surface area contributed by atoms with Crippen LogP contribution < -0.4 is 10.5 Å². The molecule has 1 aromatic rings. The molecule has 0 heterocycles. The molecule has 1 aromatic carbocycles. The molecular weight excluding hydrogens is 242 g/mol. The Bertz CT molecular complexity index is 406. The predicted octanol–water partition coefficient (Wildman–Crippen LogP) is 2.48. The summed E-state index contributed by atoms with van der Waals surface area (Å²) < 4.78 is 10.6. The van der Waals surface area contributed by atoms with Crippen LogP contribution in [-0.2, 0) is 16.1 Å². The second kappa shape index (κ2) is 7.79. The molecule has 0 aromatic heterocycles. The van der Waals surface area contributed by atoms with E-state index in [1.165, 1.54) is 0 Å². The van der Waals surface area contributed by atoms with Crippen molar-refractivity contribution in [2.45, 2.75) is 40.2 Å². The van der Waals surface area contributed by atoms with Crippen LogP contribution in [0.25, 0.3) is 0 Å². The summed E-state index contributed by atoms with van der Waals surface area (Å²) in [4.78, 5) is 11.5. The minimum absolute atomic E-state index is 0.0482. The van der Waals surface area contributed by atoms with Crippen molar-refractivity contribution in [3.63, 3.8) is 0 Å². The van der Waals surface area contributed by atoms with Crippen LogP contribution in [0.15, 0.2) is 12.1 Å². The lowest BCUT2D eigenvalue weighted by molar-refractivity contribution is -0.146. The van der Waals surface area contributed by atoms with Crippen LogP contribution >= 0.6 is 0 Å². The van der Waals surface area contributed by atoms with Crippen LogP contribution in [-0.4, -0.2) is 19.2 Å². The van der Waals surface area contributed by atoms with E-state index in [9.17, 15) is 4.79 Å². The van der Waals surface area contributed by atoms with Crippen molar-refractivity contribution in [2.75, 3.05) is 13.2 Å². The number of rotatable bonds is 7. The summed E-state index contributed by atoms with van der Waals surface area (Å²) in [6.07, 6.45) is 1.89. The Balaban J connectivity index is 2.55. The molecule has 0 saturated heterocycles. The van der Waals surface area contributed by atoms with Gasteiger partial charge in [0.15, 0.2) is 6.61 Å². The lowest BCUT2D eigenvalue weighted by atomic mass is 10.1. The van der Waals surface area contributed by atoms with Crippen molar-refractivity contribution in [3.05, 3.63) is 28.8 Å². The first kappa shape index (κ1) is 15.5. The minimum atomic E-state index is -0.324. The number of carbonyl (C=O) groups excluding carboxylic acids is 1. The zero-order valence-electron chi connectivity index (χ0n) is 12.0. The molecule has 19 heavy (non-hydrogen) atoms. The lowest BCUT2D eigenvalue weighted by Crippen LogP contribution is -2.16. The molecule has 0 atom stereocenters. The van der Waals surface area contributed by atoms with Gasteiger partial charge in [0, 0.05) is 6.54 Å². The lowest BCUT2D eigenvalue weighted by Gasteiger charge is -2.13. The Kier molecular flexibility index (Phi) is 6.36. The molecule has 1 rings (SSSR count). The first-order chi connectivity index (χ1) is 9.08. The first-order valence-corrected chi connectivity index (χ1v) is 6.67. The molecule has 106 valence electrons. The molecule has 2 N–H and O–H groups in total. The summed E-state index contributed by atoms with van der Waals surface area (Å²) in [6, 6.07) is 3.95. The maximum atomic E-state index is 11.5. The maximum absolute atomic E-state index is 11.5. The Morgan fingerprint density at radius 2 is 1.89 bits per heavy atom. The van der Waals surface area contributed by atoms with Gasteiger partial charge in [0.1, 0.15) is 5.75 Å². The Hall–Kier alpha value is -1.55. The number of nitrogens with two attached hydrogens (primary N) is 1. The molecular formula is C15H23NO3. The molecule has 4 heteroatoms. The van der Waals surface area contributed by atoms with E-state index in [-0.39, 0.29) is 12.6 Å². The summed E-state index contributed by atoms with van der Waals surface area (Å²) in [7, 11) is 0. The summed E-state index contributed by atoms with van der Waals surface area (Å²) >= 11 is 0. The van der Waals surface area contributed by atoms with Crippen molar-refractivity contribution >= 4 is 5.97 Å². The van der Waals surface area contributed by atoms with E-state index in [4.69, 9.17) is 15.2 Å². The number of carbonyl (C=O) groups is 1. The second-order valence-corrected chi connectivity index (χ2v) is 4.63. The van der Waals surface area contributed by atoms with E-state index in [0.29, 0.717) is 13.2 Å². The van der Waals surface area contributed by atoms with Crippen LogP contribution in [0.1, 0.15) is 36.5 Å². The Labute approximate surface area is 114 Å². The molecule has 0 unspecified atom stereocenters. The topological polar surface area (TPSA) is 61.5 Å². The fourth-order valence-corrected chi connectivity index (χ4v) is 1.89. The van der Waals surface area contributed by atoms with Crippen LogP contribution in [0.5, 0.6) is 5.75 Å². The molecule has 0 spiro atoms.